The average molecular weight is 288 g/mol. The Bertz CT molecular complexity index is 424. The summed E-state index contributed by atoms with van der Waals surface area (Å²) < 4.78 is 5.59. The molecular formula is C14H19Cl2NO. The molecule has 0 amide bonds. The third kappa shape index (κ3) is 5.30. The number of hydrogen-bond acceptors (Lipinski definition) is 2. The lowest BCUT2D eigenvalue weighted by Gasteiger charge is -2.22. The molecule has 0 saturated carbocycles. The molecule has 0 aliphatic carbocycles. The van der Waals surface area contributed by atoms with Crippen molar-refractivity contribution in [1.82, 2.24) is 5.32 Å². The minimum atomic E-state index is 0.0374. The topological polar surface area (TPSA) is 21.3 Å². The monoisotopic (exact) mass is 287 g/mol. The van der Waals surface area contributed by atoms with E-state index in [0.29, 0.717) is 22.3 Å². The standard InChI is InChI=1S/C14H19Cl2NO/c1-10(15)9-18-13-11(6-5-7-12(13)16)8-17-14(2,3)4/h5-7,17H,1,8-9H2,2-4H3. The summed E-state index contributed by atoms with van der Waals surface area (Å²) in [5, 5.41) is 4.43. The Morgan fingerprint density at radius 1 is 1.39 bits per heavy atom. The maximum Gasteiger partial charge on any atom is 0.142 e. The average Bonchev–Trinajstić information content (AvgIpc) is 2.23. The number of halogens is 2. The van der Waals surface area contributed by atoms with Crippen molar-refractivity contribution >= 4 is 23.2 Å². The Hall–Kier alpha value is -0.700. The molecule has 0 heterocycles. The minimum Gasteiger partial charge on any atom is -0.486 e. The molecule has 1 aromatic rings. The van der Waals surface area contributed by atoms with Crippen LogP contribution in [0.15, 0.2) is 29.8 Å². The molecule has 0 atom stereocenters. The Morgan fingerprint density at radius 3 is 2.61 bits per heavy atom. The highest BCUT2D eigenvalue weighted by molar-refractivity contribution is 6.32. The normalized spacial score (nSPS) is 11.4. The predicted octanol–water partition coefficient (Wildman–Crippen LogP) is 4.36. The molecule has 0 aliphatic heterocycles. The Balaban J connectivity index is 2.83. The molecule has 0 unspecified atom stereocenters. The number of ether oxygens (including phenoxy) is 1. The van der Waals surface area contributed by atoms with E-state index in [4.69, 9.17) is 27.9 Å². The van der Waals surface area contributed by atoms with Gasteiger partial charge in [0.25, 0.3) is 0 Å². The van der Waals surface area contributed by atoms with Crippen LogP contribution in [0.5, 0.6) is 5.75 Å². The predicted molar refractivity (Wildman–Crippen MR) is 78.5 cm³/mol. The summed E-state index contributed by atoms with van der Waals surface area (Å²) in [6.07, 6.45) is 0. The lowest BCUT2D eigenvalue weighted by atomic mass is 10.1. The van der Waals surface area contributed by atoms with Gasteiger partial charge in [-0.1, -0.05) is 41.9 Å². The van der Waals surface area contributed by atoms with Crippen molar-refractivity contribution in [3.8, 4) is 5.75 Å². The maximum absolute atomic E-state index is 6.14. The van der Waals surface area contributed by atoms with Crippen LogP contribution in [-0.2, 0) is 6.54 Å². The molecule has 0 aromatic heterocycles. The number of para-hydroxylation sites is 1. The van der Waals surface area contributed by atoms with E-state index in [9.17, 15) is 0 Å². The first-order valence-electron chi connectivity index (χ1n) is 5.78. The molecule has 0 bridgehead atoms. The van der Waals surface area contributed by atoms with Gasteiger partial charge >= 0.3 is 0 Å². The molecule has 0 radical (unpaired) electrons. The quantitative estimate of drug-likeness (QED) is 0.869. The lowest BCUT2D eigenvalue weighted by Crippen LogP contribution is -2.35. The Morgan fingerprint density at radius 2 is 2.06 bits per heavy atom. The molecule has 0 aliphatic rings. The van der Waals surface area contributed by atoms with Crippen molar-refractivity contribution in [1.29, 1.82) is 0 Å². The second-order valence-electron chi connectivity index (χ2n) is 5.14. The SMILES string of the molecule is C=C(Cl)COc1c(Cl)cccc1CNC(C)(C)C. The van der Waals surface area contributed by atoms with E-state index in [0.717, 1.165) is 5.56 Å². The highest BCUT2D eigenvalue weighted by Gasteiger charge is 2.13. The molecule has 0 fully saturated rings. The van der Waals surface area contributed by atoms with Crippen LogP contribution in [0.4, 0.5) is 0 Å². The van der Waals surface area contributed by atoms with Crippen LogP contribution in [0.1, 0.15) is 26.3 Å². The Kier molecular flexibility index (Phi) is 5.51. The van der Waals surface area contributed by atoms with Gasteiger partial charge < -0.3 is 10.1 Å². The fourth-order valence-electron chi connectivity index (χ4n) is 1.37. The van der Waals surface area contributed by atoms with Gasteiger partial charge in [0.1, 0.15) is 12.4 Å². The zero-order chi connectivity index (χ0) is 13.8. The first kappa shape index (κ1) is 15.4. The lowest BCUT2D eigenvalue weighted by molar-refractivity contribution is 0.349. The van der Waals surface area contributed by atoms with Gasteiger partial charge in [0.05, 0.1) is 5.02 Å². The van der Waals surface area contributed by atoms with Crippen molar-refractivity contribution in [2.24, 2.45) is 0 Å². The van der Waals surface area contributed by atoms with Gasteiger partial charge in [-0.25, -0.2) is 0 Å². The molecule has 1 rings (SSSR count). The summed E-state index contributed by atoms with van der Waals surface area (Å²) in [6.45, 7) is 10.9. The molecule has 18 heavy (non-hydrogen) atoms. The van der Waals surface area contributed by atoms with E-state index >= 15 is 0 Å². The fourth-order valence-corrected chi connectivity index (χ4v) is 1.67. The molecule has 1 aromatic carbocycles. The van der Waals surface area contributed by atoms with Crippen LogP contribution in [0, 0.1) is 0 Å². The molecule has 0 spiro atoms. The molecular weight excluding hydrogens is 269 g/mol. The van der Waals surface area contributed by atoms with E-state index in [2.05, 4.69) is 32.7 Å². The number of nitrogens with one attached hydrogen (secondary N) is 1. The maximum atomic E-state index is 6.14. The van der Waals surface area contributed by atoms with Crippen molar-refractivity contribution in [2.75, 3.05) is 6.61 Å². The smallest absolute Gasteiger partial charge is 0.142 e. The van der Waals surface area contributed by atoms with E-state index in [1.165, 1.54) is 0 Å². The van der Waals surface area contributed by atoms with Gasteiger partial charge in [-0.2, -0.15) is 0 Å². The minimum absolute atomic E-state index is 0.0374. The third-order valence-electron chi connectivity index (χ3n) is 2.23. The van der Waals surface area contributed by atoms with E-state index in [1.54, 1.807) is 6.07 Å². The second-order valence-corrected chi connectivity index (χ2v) is 6.08. The molecule has 100 valence electrons. The second kappa shape index (κ2) is 6.46. The van der Waals surface area contributed by atoms with E-state index in [-0.39, 0.29) is 12.1 Å². The third-order valence-corrected chi connectivity index (χ3v) is 2.64. The van der Waals surface area contributed by atoms with Gasteiger partial charge in [-0.3, -0.25) is 0 Å². The van der Waals surface area contributed by atoms with Crippen LogP contribution < -0.4 is 10.1 Å². The first-order chi connectivity index (χ1) is 8.29. The molecule has 2 nitrogen and oxygen atoms in total. The molecule has 0 saturated heterocycles. The zero-order valence-electron chi connectivity index (χ0n) is 11.0. The van der Waals surface area contributed by atoms with Crippen LogP contribution in [0.25, 0.3) is 0 Å². The number of rotatable bonds is 5. The van der Waals surface area contributed by atoms with Crippen LogP contribution in [-0.4, -0.2) is 12.1 Å². The fraction of sp³-hybridized carbons (Fsp3) is 0.429. The molecule has 4 heteroatoms. The first-order valence-corrected chi connectivity index (χ1v) is 6.53. The van der Waals surface area contributed by atoms with E-state index in [1.807, 2.05) is 12.1 Å². The van der Waals surface area contributed by atoms with Gasteiger partial charge in [0, 0.05) is 22.7 Å². The van der Waals surface area contributed by atoms with Crippen molar-refractivity contribution in [3.63, 3.8) is 0 Å². The van der Waals surface area contributed by atoms with Crippen LogP contribution in [0.3, 0.4) is 0 Å². The van der Waals surface area contributed by atoms with Crippen molar-refractivity contribution in [3.05, 3.63) is 40.4 Å². The van der Waals surface area contributed by atoms with Gasteiger partial charge in [-0.05, 0) is 26.8 Å². The summed E-state index contributed by atoms with van der Waals surface area (Å²) in [7, 11) is 0. The van der Waals surface area contributed by atoms with Gasteiger partial charge in [0.15, 0.2) is 0 Å². The highest BCUT2D eigenvalue weighted by atomic mass is 35.5. The van der Waals surface area contributed by atoms with Gasteiger partial charge in [0.2, 0.25) is 0 Å². The van der Waals surface area contributed by atoms with Crippen molar-refractivity contribution in [2.45, 2.75) is 32.9 Å². The zero-order valence-corrected chi connectivity index (χ0v) is 12.5. The largest absolute Gasteiger partial charge is 0.486 e. The summed E-state index contributed by atoms with van der Waals surface area (Å²) in [6, 6.07) is 5.69. The summed E-state index contributed by atoms with van der Waals surface area (Å²) >= 11 is 11.8. The molecule has 1 N–H and O–H groups in total. The Labute approximate surface area is 119 Å². The summed E-state index contributed by atoms with van der Waals surface area (Å²) in [5.41, 5.74) is 1.05. The van der Waals surface area contributed by atoms with Crippen LogP contribution >= 0.6 is 23.2 Å². The summed E-state index contributed by atoms with van der Waals surface area (Å²) in [4.78, 5) is 0. The number of benzene rings is 1. The highest BCUT2D eigenvalue weighted by Crippen LogP contribution is 2.29. The number of hydrogen-bond donors (Lipinski definition) is 1. The van der Waals surface area contributed by atoms with Gasteiger partial charge in [-0.15, -0.1) is 0 Å². The van der Waals surface area contributed by atoms with E-state index < -0.39 is 0 Å². The van der Waals surface area contributed by atoms with Crippen molar-refractivity contribution < 1.29 is 4.74 Å². The summed E-state index contributed by atoms with van der Waals surface area (Å²) in [5.74, 6) is 0.665. The van der Waals surface area contributed by atoms with Crippen LogP contribution in [0.2, 0.25) is 5.02 Å².